The van der Waals surface area contributed by atoms with Crippen molar-refractivity contribution in [3.8, 4) is 0 Å². The first kappa shape index (κ1) is 21.8. The van der Waals surface area contributed by atoms with Crippen LogP contribution in [0.4, 0.5) is 10.5 Å². The molecular formula is C23H31N3O5. The van der Waals surface area contributed by atoms with Crippen LogP contribution < -0.4 is 10.6 Å². The molecule has 2 atom stereocenters. The van der Waals surface area contributed by atoms with Crippen LogP contribution in [0.25, 0.3) is 0 Å². The fourth-order valence-electron chi connectivity index (χ4n) is 4.66. The van der Waals surface area contributed by atoms with Gasteiger partial charge >= 0.3 is 6.03 Å². The molecule has 8 nitrogen and oxygen atoms in total. The van der Waals surface area contributed by atoms with E-state index in [4.69, 9.17) is 9.47 Å². The van der Waals surface area contributed by atoms with Gasteiger partial charge in [0.2, 0.25) is 5.91 Å². The monoisotopic (exact) mass is 429 g/mol. The molecule has 2 unspecified atom stereocenters. The van der Waals surface area contributed by atoms with Gasteiger partial charge in [-0.3, -0.25) is 9.59 Å². The molecule has 31 heavy (non-hydrogen) atoms. The van der Waals surface area contributed by atoms with Gasteiger partial charge in [0.05, 0.1) is 19.3 Å². The first-order chi connectivity index (χ1) is 15.0. The normalized spacial score (nSPS) is 23.8. The molecule has 8 heteroatoms. The maximum Gasteiger partial charge on any atom is 0.325 e. The summed E-state index contributed by atoms with van der Waals surface area (Å²) in [5.74, 6) is -0.683. The van der Waals surface area contributed by atoms with Crippen molar-refractivity contribution in [1.82, 2.24) is 10.2 Å². The van der Waals surface area contributed by atoms with Crippen LogP contribution in [0.2, 0.25) is 0 Å². The predicted molar refractivity (Wildman–Crippen MR) is 114 cm³/mol. The van der Waals surface area contributed by atoms with Gasteiger partial charge in [-0.05, 0) is 56.7 Å². The van der Waals surface area contributed by atoms with E-state index >= 15 is 0 Å². The van der Waals surface area contributed by atoms with E-state index in [-0.39, 0.29) is 12.0 Å². The first-order valence-corrected chi connectivity index (χ1v) is 11.2. The molecular weight excluding hydrogens is 398 g/mol. The number of amides is 4. The number of rotatable bonds is 7. The number of carbonyl (C=O) groups is 3. The summed E-state index contributed by atoms with van der Waals surface area (Å²) < 4.78 is 11.5. The van der Waals surface area contributed by atoms with E-state index in [9.17, 15) is 14.4 Å². The fraction of sp³-hybridized carbons (Fsp3) is 0.609. The molecule has 2 aliphatic heterocycles. The molecule has 1 aromatic carbocycles. The number of nitrogens with one attached hydrogen (secondary N) is 2. The van der Waals surface area contributed by atoms with Gasteiger partial charge in [-0.15, -0.1) is 0 Å². The molecule has 4 amide bonds. The number of anilines is 1. The summed E-state index contributed by atoms with van der Waals surface area (Å²) in [5.41, 5.74) is 0.723. The number of ether oxygens (including phenoxy) is 2. The van der Waals surface area contributed by atoms with Crippen molar-refractivity contribution >= 4 is 23.5 Å². The Kier molecular flexibility index (Phi) is 6.57. The second-order valence-electron chi connectivity index (χ2n) is 8.76. The summed E-state index contributed by atoms with van der Waals surface area (Å²) >= 11 is 0. The van der Waals surface area contributed by atoms with Crippen LogP contribution in [-0.4, -0.2) is 53.6 Å². The fourth-order valence-corrected chi connectivity index (χ4v) is 4.66. The Hall–Kier alpha value is -2.45. The smallest absolute Gasteiger partial charge is 0.325 e. The third-order valence-electron chi connectivity index (χ3n) is 6.46. The number of nitrogens with zero attached hydrogens (tertiary/aromatic N) is 1. The third-order valence-corrected chi connectivity index (χ3v) is 6.46. The summed E-state index contributed by atoms with van der Waals surface area (Å²) in [6.45, 7) is 3.36. The zero-order valence-corrected chi connectivity index (χ0v) is 18.0. The predicted octanol–water partition coefficient (Wildman–Crippen LogP) is 2.96. The second-order valence-corrected chi connectivity index (χ2v) is 8.76. The number of hydrogen-bond acceptors (Lipinski definition) is 5. The Balaban J connectivity index is 1.32. The van der Waals surface area contributed by atoms with Crippen molar-refractivity contribution < 1.29 is 23.9 Å². The summed E-state index contributed by atoms with van der Waals surface area (Å²) in [6, 6.07) is 6.02. The first-order valence-electron chi connectivity index (χ1n) is 11.2. The molecule has 2 N–H and O–H groups in total. The van der Waals surface area contributed by atoms with Crippen LogP contribution >= 0.6 is 0 Å². The average molecular weight is 430 g/mol. The maximum absolute atomic E-state index is 12.9. The topological polar surface area (TPSA) is 97.0 Å². The van der Waals surface area contributed by atoms with Crippen LogP contribution in [0.1, 0.15) is 57.4 Å². The zero-order valence-electron chi connectivity index (χ0n) is 18.0. The molecule has 1 spiro atoms. The third kappa shape index (κ3) is 4.75. The van der Waals surface area contributed by atoms with Crippen molar-refractivity contribution in [3.05, 3.63) is 29.8 Å². The highest BCUT2D eigenvalue weighted by Crippen LogP contribution is 2.35. The molecule has 1 aromatic rings. The molecule has 4 rings (SSSR count). The molecule has 2 heterocycles. The SMILES string of the molecule is CC(C(=O)Nc1cccc(COCC2CCCCO2)c1)N1C(=O)NC2(CCCC2)C1=O. The number of urea groups is 1. The lowest BCUT2D eigenvalue weighted by molar-refractivity contribution is -0.136. The van der Waals surface area contributed by atoms with Gasteiger partial charge in [0, 0.05) is 12.3 Å². The molecule has 1 aliphatic carbocycles. The summed E-state index contributed by atoms with van der Waals surface area (Å²) in [4.78, 5) is 39.2. The van der Waals surface area contributed by atoms with E-state index in [0.29, 0.717) is 31.7 Å². The molecule has 0 radical (unpaired) electrons. The minimum atomic E-state index is -0.893. The van der Waals surface area contributed by atoms with Crippen molar-refractivity contribution in [2.75, 3.05) is 18.5 Å². The zero-order chi connectivity index (χ0) is 21.8. The Morgan fingerprint density at radius 1 is 1.29 bits per heavy atom. The van der Waals surface area contributed by atoms with Crippen LogP contribution in [0.15, 0.2) is 24.3 Å². The molecule has 2 saturated heterocycles. The standard InChI is InChI=1S/C23H31N3O5/c1-16(26-21(28)23(25-22(26)29)10-3-4-11-23)20(27)24-18-8-6-7-17(13-18)14-30-15-19-9-2-5-12-31-19/h6-8,13,16,19H,2-5,9-12,14-15H2,1H3,(H,24,27)(H,25,29). The lowest BCUT2D eigenvalue weighted by Crippen LogP contribution is -2.48. The highest BCUT2D eigenvalue weighted by Gasteiger charge is 2.54. The highest BCUT2D eigenvalue weighted by atomic mass is 16.5. The lowest BCUT2D eigenvalue weighted by Gasteiger charge is -2.23. The van der Waals surface area contributed by atoms with E-state index in [2.05, 4.69) is 10.6 Å². The molecule has 3 aliphatic rings. The Morgan fingerprint density at radius 2 is 2.10 bits per heavy atom. The number of carbonyl (C=O) groups excluding carboxylic acids is 3. The van der Waals surface area contributed by atoms with Crippen molar-refractivity contribution in [2.24, 2.45) is 0 Å². The molecule has 1 saturated carbocycles. The lowest BCUT2D eigenvalue weighted by atomic mass is 9.97. The molecule has 168 valence electrons. The van der Waals surface area contributed by atoms with E-state index in [1.807, 2.05) is 18.2 Å². The van der Waals surface area contributed by atoms with Gasteiger partial charge in [-0.25, -0.2) is 9.69 Å². The number of hydrogen-bond donors (Lipinski definition) is 2. The Bertz CT molecular complexity index is 830. The van der Waals surface area contributed by atoms with Gasteiger partial charge in [0.15, 0.2) is 0 Å². The highest BCUT2D eigenvalue weighted by molar-refractivity contribution is 6.11. The second kappa shape index (κ2) is 9.36. The Morgan fingerprint density at radius 3 is 2.84 bits per heavy atom. The molecule has 0 aromatic heterocycles. The number of imide groups is 1. The molecule has 3 fully saturated rings. The van der Waals surface area contributed by atoms with Crippen LogP contribution in [0.3, 0.4) is 0 Å². The van der Waals surface area contributed by atoms with Crippen molar-refractivity contribution in [3.63, 3.8) is 0 Å². The van der Waals surface area contributed by atoms with Crippen LogP contribution in [0, 0.1) is 0 Å². The minimum Gasteiger partial charge on any atom is -0.376 e. The van der Waals surface area contributed by atoms with Crippen LogP contribution in [-0.2, 0) is 25.7 Å². The Labute approximate surface area is 182 Å². The van der Waals surface area contributed by atoms with Gasteiger partial charge < -0.3 is 20.1 Å². The minimum absolute atomic E-state index is 0.157. The van der Waals surface area contributed by atoms with E-state index in [1.165, 1.54) is 6.42 Å². The van der Waals surface area contributed by atoms with Crippen molar-refractivity contribution in [2.45, 2.75) is 76.2 Å². The summed E-state index contributed by atoms with van der Waals surface area (Å²) in [6.07, 6.45) is 6.55. The summed E-state index contributed by atoms with van der Waals surface area (Å²) in [7, 11) is 0. The van der Waals surface area contributed by atoms with Gasteiger partial charge in [0.25, 0.3) is 5.91 Å². The largest absolute Gasteiger partial charge is 0.376 e. The average Bonchev–Trinajstić information content (AvgIpc) is 3.33. The quantitative estimate of drug-likeness (QED) is 0.650. The van der Waals surface area contributed by atoms with Gasteiger partial charge in [-0.1, -0.05) is 25.0 Å². The van der Waals surface area contributed by atoms with Gasteiger partial charge in [-0.2, -0.15) is 0 Å². The number of benzene rings is 1. The van der Waals surface area contributed by atoms with E-state index < -0.39 is 23.5 Å². The summed E-state index contributed by atoms with van der Waals surface area (Å²) in [5, 5.41) is 5.64. The van der Waals surface area contributed by atoms with Crippen molar-refractivity contribution in [1.29, 1.82) is 0 Å². The van der Waals surface area contributed by atoms with E-state index in [0.717, 1.165) is 42.8 Å². The van der Waals surface area contributed by atoms with Gasteiger partial charge in [0.1, 0.15) is 11.6 Å². The van der Waals surface area contributed by atoms with Crippen LogP contribution in [0.5, 0.6) is 0 Å². The van der Waals surface area contributed by atoms with E-state index in [1.54, 1.807) is 13.0 Å². The molecule has 0 bridgehead atoms. The maximum atomic E-state index is 12.9.